The molecule has 0 atom stereocenters. The molecule has 0 saturated heterocycles. The van der Waals surface area contributed by atoms with Crippen molar-refractivity contribution in [1.29, 1.82) is 5.26 Å². The van der Waals surface area contributed by atoms with Gasteiger partial charge in [-0.05, 0) is 18.2 Å². The van der Waals surface area contributed by atoms with Crippen LogP contribution in [0, 0.1) is 11.3 Å². The molecule has 0 unspecified atom stereocenters. The van der Waals surface area contributed by atoms with Crippen molar-refractivity contribution in [2.75, 3.05) is 0 Å². The zero-order chi connectivity index (χ0) is 6.69. The predicted octanol–water partition coefficient (Wildman–Crippen LogP) is 2.61. The zero-order valence-electron chi connectivity index (χ0n) is 6.75. The third kappa shape index (κ3) is 8.80. The number of halogens is 5. The Bertz CT molecular complexity index is 263. The third-order valence-electron chi connectivity index (χ3n) is 0.975. The van der Waals surface area contributed by atoms with E-state index in [2.05, 4.69) is 12.6 Å². The Balaban J connectivity index is -0.0000000540. The van der Waals surface area contributed by atoms with Crippen molar-refractivity contribution in [3.8, 4) is 6.07 Å². The van der Waals surface area contributed by atoms with E-state index < -0.39 is 0 Å². The van der Waals surface area contributed by atoms with Crippen molar-refractivity contribution < 1.29 is 23.5 Å². The average Bonchev–Trinajstić information content (AvgIpc) is 1.88. The zero-order valence-corrected chi connectivity index (χ0v) is 7.64. The highest BCUT2D eigenvalue weighted by Crippen LogP contribution is 2.06. The smallest absolute Gasteiger partial charge is 0.0992 e. The molecule has 1 aromatic rings. The number of nitriles is 1. The first-order chi connectivity index (χ1) is 4.33. The Morgan fingerprint density at radius 2 is 1.50 bits per heavy atom. The fourth-order valence-electron chi connectivity index (χ4n) is 0.575. The monoisotopic (exact) mass is 235 g/mol. The number of rotatable bonds is 0. The van der Waals surface area contributed by atoms with Gasteiger partial charge in [0, 0.05) is 4.90 Å². The molecule has 14 heavy (non-hydrogen) atoms. The van der Waals surface area contributed by atoms with Gasteiger partial charge >= 0.3 is 0 Å². The molecule has 7 heteroatoms. The molecule has 0 spiro atoms. The second kappa shape index (κ2) is 14.2. The number of thiol groups is 1. The van der Waals surface area contributed by atoms with E-state index in [1.165, 1.54) is 0 Å². The molecule has 0 N–H and O–H groups in total. The molecular weight excluding hydrogens is 225 g/mol. The van der Waals surface area contributed by atoms with Crippen molar-refractivity contribution >= 4 is 12.6 Å². The minimum Gasteiger partial charge on any atom is -0.269 e. The SMILES string of the molecule is F.F.F.F.F.N#Cc1cccc(S)c1. The normalized spacial score (nSPS) is 5.43. The number of hydrogen-bond donors (Lipinski definition) is 1. The Kier molecular flexibility index (Phi) is 29.8. The lowest BCUT2D eigenvalue weighted by molar-refractivity contribution is 1.11. The Labute approximate surface area is 83.0 Å². The third-order valence-corrected chi connectivity index (χ3v) is 1.25. The van der Waals surface area contributed by atoms with Crippen LogP contribution in [-0.4, -0.2) is 0 Å². The summed E-state index contributed by atoms with van der Waals surface area (Å²) in [6.07, 6.45) is 0. The lowest BCUT2D eigenvalue weighted by atomic mass is 10.2. The summed E-state index contributed by atoms with van der Waals surface area (Å²) in [5.41, 5.74) is 0.655. The molecule has 0 amide bonds. The van der Waals surface area contributed by atoms with Gasteiger partial charge in [-0.3, -0.25) is 23.5 Å². The Hall–Kier alpha value is -1.29. The van der Waals surface area contributed by atoms with Crippen LogP contribution in [0.1, 0.15) is 5.56 Å². The Morgan fingerprint density at radius 1 is 1.00 bits per heavy atom. The summed E-state index contributed by atoms with van der Waals surface area (Å²) < 4.78 is 0. The van der Waals surface area contributed by atoms with Crippen LogP contribution in [0.2, 0.25) is 0 Å². The highest BCUT2D eigenvalue weighted by Gasteiger charge is 1.86. The molecule has 0 aliphatic rings. The summed E-state index contributed by atoms with van der Waals surface area (Å²) in [7, 11) is 0. The highest BCUT2D eigenvalue weighted by atomic mass is 32.1. The maximum Gasteiger partial charge on any atom is 0.0992 e. The molecular formula is C7H10F5NS. The van der Waals surface area contributed by atoms with Crippen molar-refractivity contribution in [2.45, 2.75) is 4.90 Å². The first-order valence-corrected chi connectivity index (χ1v) is 2.97. The van der Waals surface area contributed by atoms with Gasteiger partial charge in [0.05, 0.1) is 11.6 Å². The molecule has 0 bridgehead atoms. The predicted molar refractivity (Wildman–Crippen MR) is 50.9 cm³/mol. The summed E-state index contributed by atoms with van der Waals surface area (Å²) >= 11 is 4.06. The van der Waals surface area contributed by atoms with Crippen molar-refractivity contribution in [3.63, 3.8) is 0 Å². The lowest BCUT2D eigenvalue weighted by Gasteiger charge is -1.87. The minimum atomic E-state index is 0. The first-order valence-electron chi connectivity index (χ1n) is 2.52. The second-order valence-electron chi connectivity index (χ2n) is 1.66. The van der Waals surface area contributed by atoms with Gasteiger partial charge in [0.25, 0.3) is 0 Å². The summed E-state index contributed by atoms with van der Waals surface area (Å²) in [4.78, 5) is 0.828. The van der Waals surface area contributed by atoms with Crippen molar-refractivity contribution in [2.24, 2.45) is 0 Å². The maximum absolute atomic E-state index is 8.38. The quantitative estimate of drug-likeness (QED) is 0.542. The molecule has 0 aromatic heterocycles. The standard InChI is InChI=1S/C7H5NS.5FH/c8-5-6-2-1-3-7(9)4-6;;;;;/h1-4,9H;5*1H. The average molecular weight is 235 g/mol. The van der Waals surface area contributed by atoms with E-state index in [1.54, 1.807) is 18.2 Å². The van der Waals surface area contributed by atoms with Crippen LogP contribution < -0.4 is 0 Å². The van der Waals surface area contributed by atoms with Gasteiger partial charge in [-0.1, -0.05) is 6.07 Å². The van der Waals surface area contributed by atoms with Gasteiger partial charge in [-0.25, -0.2) is 0 Å². The van der Waals surface area contributed by atoms with Gasteiger partial charge in [0.2, 0.25) is 0 Å². The topological polar surface area (TPSA) is 23.8 Å². The molecule has 0 fully saturated rings. The second-order valence-corrected chi connectivity index (χ2v) is 2.18. The van der Waals surface area contributed by atoms with Gasteiger partial charge in [-0.2, -0.15) is 5.26 Å². The van der Waals surface area contributed by atoms with Crippen LogP contribution >= 0.6 is 12.6 Å². The van der Waals surface area contributed by atoms with E-state index in [1.807, 2.05) is 12.1 Å². The molecule has 84 valence electrons. The molecule has 1 aromatic carbocycles. The van der Waals surface area contributed by atoms with Crippen LogP contribution in [0.4, 0.5) is 23.5 Å². The van der Waals surface area contributed by atoms with E-state index in [9.17, 15) is 0 Å². The molecule has 0 saturated carbocycles. The van der Waals surface area contributed by atoms with E-state index in [0.29, 0.717) is 5.56 Å². The summed E-state index contributed by atoms with van der Waals surface area (Å²) in [5, 5.41) is 8.38. The largest absolute Gasteiger partial charge is 0.269 e. The molecule has 1 rings (SSSR count). The van der Waals surface area contributed by atoms with E-state index >= 15 is 0 Å². The fraction of sp³-hybridized carbons (Fsp3) is 0. The van der Waals surface area contributed by atoms with Gasteiger partial charge in [0.15, 0.2) is 0 Å². The number of benzene rings is 1. The summed E-state index contributed by atoms with van der Waals surface area (Å²) in [5.74, 6) is 0. The van der Waals surface area contributed by atoms with E-state index in [-0.39, 0.29) is 23.5 Å². The van der Waals surface area contributed by atoms with Gasteiger partial charge < -0.3 is 0 Å². The Morgan fingerprint density at radius 3 is 1.79 bits per heavy atom. The van der Waals surface area contributed by atoms with E-state index in [0.717, 1.165) is 4.90 Å². The molecule has 0 heterocycles. The molecule has 0 radical (unpaired) electrons. The van der Waals surface area contributed by atoms with Gasteiger partial charge in [-0.15, -0.1) is 12.6 Å². The first kappa shape index (κ1) is 29.3. The highest BCUT2D eigenvalue weighted by molar-refractivity contribution is 7.80. The van der Waals surface area contributed by atoms with Crippen molar-refractivity contribution in [3.05, 3.63) is 29.8 Å². The summed E-state index contributed by atoms with van der Waals surface area (Å²) in [6, 6.07) is 9.14. The maximum atomic E-state index is 8.38. The van der Waals surface area contributed by atoms with Crippen LogP contribution in [0.25, 0.3) is 0 Å². The van der Waals surface area contributed by atoms with Crippen LogP contribution in [0.5, 0.6) is 0 Å². The van der Waals surface area contributed by atoms with Crippen LogP contribution in [0.3, 0.4) is 0 Å². The number of hydrogen-bond acceptors (Lipinski definition) is 2. The summed E-state index contributed by atoms with van der Waals surface area (Å²) in [6.45, 7) is 0. The minimum absolute atomic E-state index is 0. The van der Waals surface area contributed by atoms with Crippen molar-refractivity contribution in [1.82, 2.24) is 0 Å². The molecule has 0 aliphatic carbocycles. The molecule has 1 nitrogen and oxygen atoms in total. The molecule has 0 aliphatic heterocycles. The lowest BCUT2D eigenvalue weighted by Crippen LogP contribution is -1.70. The number of nitrogens with zero attached hydrogens (tertiary/aromatic N) is 1. The fourth-order valence-corrected chi connectivity index (χ4v) is 0.801. The van der Waals surface area contributed by atoms with Crippen LogP contribution in [0.15, 0.2) is 29.2 Å². The van der Waals surface area contributed by atoms with Crippen LogP contribution in [-0.2, 0) is 0 Å². The van der Waals surface area contributed by atoms with E-state index in [4.69, 9.17) is 5.26 Å². The van der Waals surface area contributed by atoms with Gasteiger partial charge in [0.1, 0.15) is 0 Å².